The summed E-state index contributed by atoms with van der Waals surface area (Å²) >= 11 is 0. The topological polar surface area (TPSA) is 122 Å². The van der Waals surface area contributed by atoms with E-state index in [0.29, 0.717) is 73.4 Å². The van der Waals surface area contributed by atoms with Gasteiger partial charge in [0, 0.05) is 87.2 Å². The number of nitrogens with zero attached hydrogens (tertiary/aromatic N) is 5. The number of para-hydroxylation sites is 2. The van der Waals surface area contributed by atoms with Crippen molar-refractivity contribution in [3.05, 3.63) is 132 Å². The molecule has 5 aliphatic carbocycles. The third-order valence-corrected chi connectivity index (χ3v) is 25.6. The molecule has 4 bridgehead atoms. The fraction of sp³-hybridized carbons (Fsp3) is 0.643. The zero-order valence-corrected chi connectivity index (χ0v) is 60.4. The number of likely N-dealkylation sites (tertiary alicyclic amines) is 4. The second-order valence-corrected chi connectivity index (χ2v) is 31.1. The molecule has 4 aromatic carbocycles. The Kier molecular flexibility index (Phi) is 25.6. The number of alkyl halides is 1. The molecule has 0 amide bonds. The molecule has 0 radical (unpaired) electrons. The van der Waals surface area contributed by atoms with Gasteiger partial charge in [0.25, 0.3) is 0 Å². The zero-order valence-electron chi connectivity index (χ0n) is 60.4. The Morgan fingerprint density at radius 3 is 1.84 bits per heavy atom. The number of esters is 1. The van der Waals surface area contributed by atoms with Gasteiger partial charge < -0.3 is 47.5 Å². The van der Waals surface area contributed by atoms with Gasteiger partial charge in [-0.3, -0.25) is 9.69 Å². The molecule has 99 heavy (non-hydrogen) atoms. The van der Waals surface area contributed by atoms with E-state index < -0.39 is 11.5 Å². The number of rotatable bonds is 16. The van der Waals surface area contributed by atoms with Crippen molar-refractivity contribution in [1.29, 1.82) is 5.26 Å². The lowest BCUT2D eigenvalue weighted by atomic mass is 9.73. The summed E-state index contributed by atoms with van der Waals surface area (Å²) in [4.78, 5) is 22.1. The first kappa shape index (κ1) is 72.8. The van der Waals surface area contributed by atoms with E-state index in [9.17, 15) is 14.4 Å². The number of fused-ring (bicyclic) bond motifs is 4. The third-order valence-electron chi connectivity index (χ3n) is 25.6. The molecule has 10 fully saturated rings. The minimum absolute atomic E-state index is 0.0551. The van der Waals surface area contributed by atoms with Gasteiger partial charge in [0.05, 0.1) is 59.6 Å². The van der Waals surface area contributed by atoms with Crippen LogP contribution in [0.5, 0.6) is 23.0 Å². The van der Waals surface area contributed by atoms with Gasteiger partial charge in [0.1, 0.15) is 34.5 Å². The van der Waals surface area contributed by atoms with Crippen LogP contribution in [0.4, 0.5) is 8.78 Å². The van der Waals surface area contributed by atoms with Crippen LogP contribution in [0.2, 0.25) is 0 Å². The number of piperidine rings is 4. The molecule has 5 saturated carbocycles. The molecule has 5 saturated heterocycles. The second-order valence-electron chi connectivity index (χ2n) is 31.1. The molecule has 5 aromatic rings. The minimum atomic E-state index is -1.50. The molecule has 538 valence electrons. The van der Waals surface area contributed by atoms with Gasteiger partial charge in [0.15, 0.2) is 0 Å². The largest absolute Gasteiger partial charge is 0.496 e. The van der Waals surface area contributed by atoms with Crippen LogP contribution in [0.1, 0.15) is 195 Å². The molecule has 7 unspecified atom stereocenters. The molecule has 1 aromatic heterocycles. The van der Waals surface area contributed by atoms with E-state index in [-0.39, 0.29) is 11.4 Å². The Bertz CT molecular complexity index is 3360. The van der Waals surface area contributed by atoms with Crippen LogP contribution in [0.15, 0.2) is 108 Å². The van der Waals surface area contributed by atoms with E-state index in [1.54, 1.807) is 27.6 Å². The number of nitriles is 1. The third kappa shape index (κ3) is 17.9. The SMILES string of the molecule is COC(=O)CC1CCCC(N2CCC(c3ccccc3OC)CC2)C1.COc1ccc(-c2ccoc2)cc1C1CCN([C@@H]2CC3CCC2C3)CC1.COc1ccc(F)cc1C1(F)CCN(CC2CCOCC2)CC1.COc1ccccc1C1(C#N)CCN(C2CCCC3CCC2C3)CC1. The Hall–Kier alpha value is -6.02. The van der Waals surface area contributed by atoms with Crippen molar-refractivity contribution in [3.8, 4) is 40.2 Å². The maximum atomic E-state index is 15.4. The lowest BCUT2D eigenvalue weighted by Gasteiger charge is -2.43. The lowest BCUT2D eigenvalue weighted by Crippen LogP contribution is -2.48. The number of carbonyl (C=O) groups is 1. The van der Waals surface area contributed by atoms with Crippen LogP contribution >= 0.6 is 0 Å². The van der Waals surface area contributed by atoms with E-state index in [0.717, 1.165) is 142 Å². The van der Waals surface area contributed by atoms with Crippen molar-refractivity contribution >= 4 is 5.97 Å². The number of hydrogen-bond donors (Lipinski definition) is 0. The summed E-state index contributed by atoms with van der Waals surface area (Å²) in [5.74, 6) is 9.20. The average Bonchev–Trinajstić information content (AvgIpc) is 1.66. The van der Waals surface area contributed by atoms with Gasteiger partial charge in [0.2, 0.25) is 0 Å². The number of furan rings is 1. The van der Waals surface area contributed by atoms with Gasteiger partial charge >= 0.3 is 5.97 Å². The maximum absolute atomic E-state index is 15.4. The molecule has 15 rings (SSSR count). The van der Waals surface area contributed by atoms with Gasteiger partial charge in [-0.2, -0.15) is 5.26 Å². The first-order valence-electron chi connectivity index (χ1n) is 38.4. The van der Waals surface area contributed by atoms with Crippen molar-refractivity contribution in [1.82, 2.24) is 19.6 Å². The van der Waals surface area contributed by atoms with Crippen LogP contribution in [-0.2, 0) is 25.4 Å². The molecular formula is C84H115F2N5O8. The fourth-order valence-corrected chi connectivity index (χ4v) is 20.0. The van der Waals surface area contributed by atoms with Crippen molar-refractivity contribution in [2.75, 3.05) is 108 Å². The molecule has 0 N–H and O–H groups in total. The Morgan fingerprint density at radius 1 is 0.545 bits per heavy atom. The van der Waals surface area contributed by atoms with Crippen LogP contribution < -0.4 is 18.9 Å². The fourth-order valence-electron chi connectivity index (χ4n) is 20.0. The van der Waals surface area contributed by atoms with E-state index in [4.69, 9.17) is 32.8 Å². The molecule has 8 atom stereocenters. The molecule has 10 aliphatic rings. The van der Waals surface area contributed by atoms with Gasteiger partial charge in [-0.1, -0.05) is 74.6 Å². The molecule has 0 spiro atoms. The first-order chi connectivity index (χ1) is 48.4. The Morgan fingerprint density at radius 2 is 1.16 bits per heavy atom. The molecule has 5 aliphatic heterocycles. The van der Waals surface area contributed by atoms with Crippen molar-refractivity contribution in [2.45, 2.75) is 202 Å². The molecule has 15 heteroatoms. The highest BCUT2D eigenvalue weighted by atomic mass is 19.1. The smallest absolute Gasteiger partial charge is 0.305 e. The van der Waals surface area contributed by atoms with E-state index in [1.807, 2.05) is 36.6 Å². The summed E-state index contributed by atoms with van der Waals surface area (Å²) < 4.78 is 66.5. The van der Waals surface area contributed by atoms with E-state index in [1.165, 1.54) is 171 Å². The van der Waals surface area contributed by atoms with Gasteiger partial charge in [-0.15, -0.1) is 0 Å². The highest BCUT2D eigenvalue weighted by Gasteiger charge is 2.46. The number of halogens is 2. The minimum Gasteiger partial charge on any atom is -0.496 e. The summed E-state index contributed by atoms with van der Waals surface area (Å²) in [6.07, 6.45) is 33.2. The summed E-state index contributed by atoms with van der Waals surface area (Å²) in [6, 6.07) is 34.2. The van der Waals surface area contributed by atoms with Gasteiger partial charge in [-0.25, -0.2) is 8.78 Å². The first-order valence-corrected chi connectivity index (χ1v) is 38.4. The number of hydrogen-bond acceptors (Lipinski definition) is 13. The predicted octanol–water partition coefficient (Wildman–Crippen LogP) is 17.4. The van der Waals surface area contributed by atoms with E-state index >= 15 is 4.39 Å². The summed E-state index contributed by atoms with van der Waals surface area (Å²) in [5, 5.41) is 10.0. The maximum Gasteiger partial charge on any atom is 0.305 e. The number of ether oxygens (including phenoxy) is 6. The lowest BCUT2D eigenvalue weighted by molar-refractivity contribution is -0.142. The van der Waals surface area contributed by atoms with Crippen LogP contribution in [-0.4, -0.2) is 151 Å². The summed E-state index contributed by atoms with van der Waals surface area (Å²) in [6.45, 7) is 11.0. The monoisotopic (exact) mass is 1360 g/mol. The van der Waals surface area contributed by atoms with Crippen LogP contribution in [0, 0.1) is 52.7 Å². The Balaban J connectivity index is 0.000000125. The van der Waals surface area contributed by atoms with Crippen LogP contribution in [0.3, 0.4) is 0 Å². The van der Waals surface area contributed by atoms with Crippen molar-refractivity contribution in [2.24, 2.45) is 35.5 Å². The van der Waals surface area contributed by atoms with Crippen molar-refractivity contribution in [3.63, 3.8) is 0 Å². The standard InChI is InChI=1S/C23H29NO2.C22H30N2O.C21H31NO3.C18H25F2NO2/c1-25-23-5-4-18(20-8-11-26-15-20)14-21(23)17-6-9-24(10-7-17)22-13-16-2-3-19(22)12-16;1-25-21-8-3-2-6-19(21)22(16-23)11-13-24(14-12-22)20-7-4-5-17-9-10-18(20)15-17;1-24-20-9-4-3-8-19(20)17-10-12-22(13-11-17)18-7-5-6-16(14-18)15-21(23)25-2;1-22-17-3-2-15(19)12-16(17)18(20)6-8-21(9-7-18)13-14-4-10-23-11-5-14/h4-5,8,11,14-17,19,22H,2-3,6-7,9-10,12-13H2,1H3;2-3,6,8,17-18,20H,4-5,7,9-15H2,1H3;3-4,8-9,16-18H,5-7,10-15H2,1-2H3;2-3,12,14H,4-11,13H2,1H3/t16?,19?,22-;;;/m1.../s1. The van der Waals surface area contributed by atoms with Crippen molar-refractivity contribution < 1.29 is 46.4 Å². The zero-order chi connectivity index (χ0) is 68.7. The molecular weight excluding hydrogens is 1240 g/mol. The second kappa shape index (κ2) is 34.8. The average molecular weight is 1360 g/mol. The molecule has 6 heterocycles. The molecule has 13 nitrogen and oxygen atoms in total. The predicted molar refractivity (Wildman–Crippen MR) is 387 cm³/mol. The summed E-state index contributed by atoms with van der Waals surface area (Å²) in [5.41, 5.74) is 4.66. The van der Waals surface area contributed by atoms with Crippen LogP contribution in [0.25, 0.3) is 11.1 Å². The Labute approximate surface area is 590 Å². The highest BCUT2D eigenvalue weighted by Crippen LogP contribution is 2.50. The van der Waals surface area contributed by atoms with E-state index in [2.05, 4.69) is 68.1 Å². The number of methoxy groups -OCH3 is 5. The quantitative estimate of drug-likeness (QED) is 0.0872. The normalized spacial score (nSPS) is 27.5. The summed E-state index contributed by atoms with van der Waals surface area (Å²) in [7, 11) is 8.25. The van der Waals surface area contributed by atoms with Gasteiger partial charge in [-0.05, 0) is 261 Å². The number of benzene rings is 4. The number of carbonyl (C=O) groups excluding carboxylic acids is 1. The highest BCUT2D eigenvalue weighted by molar-refractivity contribution is 5.69.